The zero-order chi connectivity index (χ0) is 16.1. The van der Waals surface area contributed by atoms with Gasteiger partial charge in [0.25, 0.3) is 0 Å². The first-order chi connectivity index (χ1) is 11.2. The second-order valence-corrected chi connectivity index (χ2v) is 7.10. The number of hydrogen-bond donors (Lipinski definition) is 2. The van der Waals surface area contributed by atoms with E-state index in [4.69, 9.17) is 10.5 Å². The van der Waals surface area contributed by atoms with Crippen molar-refractivity contribution in [2.75, 3.05) is 20.2 Å². The van der Waals surface area contributed by atoms with Crippen molar-refractivity contribution in [3.63, 3.8) is 0 Å². The molecular formula is C19H30IN3O. The van der Waals surface area contributed by atoms with Crippen LogP contribution in [0.4, 0.5) is 0 Å². The number of rotatable bonds is 6. The van der Waals surface area contributed by atoms with Crippen LogP contribution in [0.2, 0.25) is 0 Å². The first-order valence-corrected chi connectivity index (χ1v) is 8.90. The van der Waals surface area contributed by atoms with Crippen LogP contribution < -0.4 is 15.8 Å². The number of methoxy groups -OCH3 is 1. The Morgan fingerprint density at radius 2 is 2.04 bits per heavy atom. The molecule has 0 aliphatic heterocycles. The summed E-state index contributed by atoms with van der Waals surface area (Å²) in [5.74, 6) is 2.32. The molecular weight excluding hydrogens is 413 g/mol. The topological polar surface area (TPSA) is 59.6 Å². The van der Waals surface area contributed by atoms with Crippen LogP contribution >= 0.6 is 24.0 Å². The van der Waals surface area contributed by atoms with Crippen LogP contribution in [-0.2, 0) is 5.41 Å². The maximum absolute atomic E-state index is 6.09. The van der Waals surface area contributed by atoms with E-state index in [1.54, 1.807) is 7.11 Å². The lowest BCUT2D eigenvalue weighted by Gasteiger charge is -2.29. The molecule has 2 aliphatic carbocycles. The van der Waals surface area contributed by atoms with Crippen LogP contribution in [0.1, 0.15) is 50.5 Å². The maximum atomic E-state index is 6.09. The van der Waals surface area contributed by atoms with Gasteiger partial charge in [0.05, 0.1) is 13.7 Å². The standard InChI is InChI=1S/C19H29N3O.HI/c1-23-17-9-5-8-16(12-17)19(10-2-3-11-19)14-22-18(20)21-13-15-6-4-7-15;/h5,8-9,12,15H,2-4,6-7,10-11,13-14H2,1H3,(H3,20,21,22);1H. The Labute approximate surface area is 162 Å². The molecule has 0 unspecified atom stereocenters. The first kappa shape index (κ1) is 19.3. The Morgan fingerprint density at radius 3 is 2.67 bits per heavy atom. The second kappa shape index (κ2) is 8.92. The number of benzene rings is 1. The van der Waals surface area contributed by atoms with Crippen molar-refractivity contribution in [3.8, 4) is 5.75 Å². The van der Waals surface area contributed by atoms with Gasteiger partial charge >= 0.3 is 0 Å². The van der Waals surface area contributed by atoms with Crippen molar-refractivity contribution in [1.29, 1.82) is 0 Å². The summed E-state index contributed by atoms with van der Waals surface area (Å²) >= 11 is 0. The molecule has 3 rings (SSSR count). The quantitative estimate of drug-likeness (QED) is 0.399. The summed E-state index contributed by atoms with van der Waals surface area (Å²) in [6.07, 6.45) is 8.91. The minimum absolute atomic E-state index is 0. The normalized spacial score (nSPS) is 20.1. The van der Waals surface area contributed by atoms with Gasteiger partial charge in [-0.3, -0.25) is 4.99 Å². The van der Waals surface area contributed by atoms with Crippen molar-refractivity contribution in [2.24, 2.45) is 16.6 Å². The highest BCUT2D eigenvalue weighted by Gasteiger charge is 2.35. The van der Waals surface area contributed by atoms with Gasteiger partial charge < -0.3 is 15.8 Å². The minimum Gasteiger partial charge on any atom is -0.497 e. The Morgan fingerprint density at radius 1 is 1.29 bits per heavy atom. The van der Waals surface area contributed by atoms with Crippen LogP contribution in [0.5, 0.6) is 5.75 Å². The summed E-state index contributed by atoms with van der Waals surface area (Å²) in [5.41, 5.74) is 7.55. The average Bonchev–Trinajstić information content (AvgIpc) is 3.02. The van der Waals surface area contributed by atoms with Crippen molar-refractivity contribution in [3.05, 3.63) is 29.8 Å². The van der Waals surface area contributed by atoms with Crippen LogP contribution in [0, 0.1) is 5.92 Å². The number of halogens is 1. The third-order valence-electron chi connectivity index (χ3n) is 5.59. The van der Waals surface area contributed by atoms with E-state index in [9.17, 15) is 0 Å². The molecule has 1 aromatic rings. The smallest absolute Gasteiger partial charge is 0.188 e. The Kier molecular flexibility index (Phi) is 7.19. The van der Waals surface area contributed by atoms with E-state index in [0.717, 1.165) is 24.8 Å². The Bertz CT molecular complexity index is 551. The van der Waals surface area contributed by atoms with Crippen LogP contribution in [0.3, 0.4) is 0 Å². The molecule has 24 heavy (non-hydrogen) atoms. The average molecular weight is 443 g/mol. The van der Waals surface area contributed by atoms with Gasteiger partial charge in [0.15, 0.2) is 5.96 Å². The molecule has 0 amide bonds. The van der Waals surface area contributed by atoms with E-state index < -0.39 is 0 Å². The fourth-order valence-corrected chi connectivity index (χ4v) is 3.78. The van der Waals surface area contributed by atoms with Crippen molar-refractivity contribution >= 4 is 29.9 Å². The second-order valence-electron chi connectivity index (χ2n) is 7.10. The third-order valence-corrected chi connectivity index (χ3v) is 5.59. The largest absolute Gasteiger partial charge is 0.497 e. The molecule has 2 fully saturated rings. The predicted molar refractivity (Wildman–Crippen MR) is 110 cm³/mol. The van der Waals surface area contributed by atoms with Gasteiger partial charge in [0, 0.05) is 12.0 Å². The summed E-state index contributed by atoms with van der Waals surface area (Å²) in [6.45, 7) is 1.74. The predicted octanol–water partition coefficient (Wildman–Crippen LogP) is 3.83. The summed E-state index contributed by atoms with van der Waals surface area (Å²) in [6, 6.07) is 8.46. The first-order valence-electron chi connectivity index (χ1n) is 8.90. The zero-order valence-corrected chi connectivity index (χ0v) is 16.9. The molecule has 0 saturated heterocycles. The van der Waals surface area contributed by atoms with Gasteiger partial charge in [0.1, 0.15) is 5.75 Å². The highest BCUT2D eigenvalue weighted by atomic mass is 127. The number of nitrogens with zero attached hydrogens (tertiary/aromatic N) is 1. The van der Waals surface area contributed by atoms with E-state index in [-0.39, 0.29) is 29.4 Å². The molecule has 134 valence electrons. The van der Waals surface area contributed by atoms with Gasteiger partial charge in [-0.1, -0.05) is 31.4 Å². The fraction of sp³-hybridized carbons (Fsp3) is 0.632. The fourth-order valence-electron chi connectivity index (χ4n) is 3.78. The summed E-state index contributed by atoms with van der Waals surface area (Å²) in [7, 11) is 1.72. The molecule has 2 saturated carbocycles. The van der Waals surface area contributed by atoms with Gasteiger partial charge in [-0.05, 0) is 49.3 Å². The molecule has 4 nitrogen and oxygen atoms in total. The van der Waals surface area contributed by atoms with Gasteiger partial charge in [-0.25, -0.2) is 0 Å². The zero-order valence-electron chi connectivity index (χ0n) is 14.6. The summed E-state index contributed by atoms with van der Waals surface area (Å²) in [5, 5.41) is 3.30. The van der Waals surface area contributed by atoms with Gasteiger partial charge in [-0.2, -0.15) is 0 Å². The molecule has 0 atom stereocenters. The Hall–Kier alpha value is -0.980. The molecule has 0 aromatic heterocycles. The van der Waals surface area contributed by atoms with Gasteiger partial charge in [-0.15, -0.1) is 24.0 Å². The number of ether oxygens (including phenoxy) is 1. The van der Waals surface area contributed by atoms with Crippen molar-refractivity contribution in [1.82, 2.24) is 5.32 Å². The van der Waals surface area contributed by atoms with Crippen LogP contribution in [0.15, 0.2) is 29.3 Å². The van der Waals surface area contributed by atoms with E-state index in [1.165, 1.54) is 50.5 Å². The summed E-state index contributed by atoms with van der Waals surface area (Å²) < 4.78 is 5.40. The Balaban J connectivity index is 0.00000208. The van der Waals surface area contributed by atoms with E-state index in [0.29, 0.717) is 5.96 Å². The molecule has 0 radical (unpaired) electrons. The van der Waals surface area contributed by atoms with Crippen LogP contribution in [0.25, 0.3) is 0 Å². The van der Waals surface area contributed by atoms with E-state index in [1.807, 2.05) is 6.07 Å². The number of nitrogens with two attached hydrogens (primary N) is 1. The van der Waals surface area contributed by atoms with Crippen LogP contribution in [-0.4, -0.2) is 26.2 Å². The lowest BCUT2D eigenvalue weighted by molar-refractivity contribution is 0.315. The summed E-state index contributed by atoms with van der Waals surface area (Å²) in [4.78, 5) is 4.68. The number of nitrogens with one attached hydrogen (secondary N) is 1. The molecule has 1 aromatic carbocycles. The van der Waals surface area contributed by atoms with E-state index >= 15 is 0 Å². The number of aliphatic imine (C=N–C) groups is 1. The van der Waals surface area contributed by atoms with Crippen molar-refractivity contribution in [2.45, 2.75) is 50.4 Å². The van der Waals surface area contributed by atoms with Gasteiger partial charge in [0.2, 0.25) is 0 Å². The highest BCUT2D eigenvalue weighted by Crippen LogP contribution is 2.42. The molecule has 3 N–H and O–H groups in total. The van der Waals surface area contributed by atoms with Crippen molar-refractivity contribution < 1.29 is 4.74 Å². The number of guanidine groups is 1. The third kappa shape index (κ3) is 4.55. The molecule has 0 spiro atoms. The highest BCUT2D eigenvalue weighted by molar-refractivity contribution is 14.0. The molecule has 2 aliphatic rings. The molecule has 5 heteroatoms. The molecule has 0 bridgehead atoms. The van der Waals surface area contributed by atoms with E-state index in [2.05, 4.69) is 28.5 Å². The maximum Gasteiger partial charge on any atom is 0.188 e. The monoisotopic (exact) mass is 443 g/mol. The molecule has 0 heterocycles. The minimum atomic E-state index is 0. The lowest BCUT2D eigenvalue weighted by Crippen LogP contribution is -2.38. The SMILES string of the molecule is COc1cccc(C2(CN=C(N)NCC3CCC3)CCCC2)c1.I. The number of hydrogen-bond acceptors (Lipinski definition) is 2. The lowest BCUT2D eigenvalue weighted by atomic mass is 9.79.